The summed E-state index contributed by atoms with van der Waals surface area (Å²) in [4.78, 5) is 18.2. The third-order valence-corrected chi connectivity index (χ3v) is 4.08. The van der Waals surface area contributed by atoms with Gasteiger partial charge in [0.1, 0.15) is 0 Å². The van der Waals surface area contributed by atoms with E-state index in [9.17, 15) is 4.79 Å². The first-order valence-electron chi connectivity index (χ1n) is 6.77. The van der Waals surface area contributed by atoms with Crippen LogP contribution in [-0.2, 0) is 17.9 Å². The second-order valence-electron chi connectivity index (χ2n) is 4.63. The lowest BCUT2D eigenvalue weighted by Gasteiger charge is -2.20. The van der Waals surface area contributed by atoms with Gasteiger partial charge >= 0.3 is 5.97 Å². The number of carboxylic acids is 1. The van der Waals surface area contributed by atoms with E-state index in [2.05, 4.69) is 16.8 Å². The third kappa shape index (κ3) is 4.81. The Hall–Kier alpha value is -1.98. The number of aromatic nitrogens is 1. The Labute approximate surface area is 128 Å². The Balaban J connectivity index is 2.05. The summed E-state index contributed by atoms with van der Waals surface area (Å²) in [6.45, 7) is 4.73. The lowest BCUT2D eigenvalue weighted by Crippen LogP contribution is -2.22. The molecule has 4 nitrogen and oxygen atoms in total. The fourth-order valence-corrected chi connectivity index (χ4v) is 2.93. The molecule has 2 rings (SSSR count). The van der Waals surface area contributed by atoms with Gasteiger partial charge in [-0.25, -0.2) is 4.79 Å². The monoisotopic (exact) mass is 302 g/mol. The zero-order valence-electron chi connectivity index (χ0n) is 11.9. The van der Waals surface area contributed by atoms with Crippen LogP contribution in [0.4, 0.5) is 0 Å². The van der Waals surface area contributed by atoms with Gasteiger partial charge in [-0.3, -0.25) is 9.88 Å². The van der Waals surface area contributed by atoms with E-state index < -0.39 is 5.97 Å². The van der Waals surface area contributed by atoms with Crippen molar-refractivity contribution in [1.29, 1.82) is 0 Å². The minimum Gasteiger partial charge on any atom is -0.478 e. The van der Waals surface area contributed by atoms with Gasteiger partial charge in [-0.15, -0.1) is 11.3 Å². The predicted molar refractivity (Wildman–Crippen MR) is 85.0 cm³/mol. The Kier molecular flexibility index (Phi) is 5.66. The maximum Gasteiger partial charge on any atom is 0.328 e. The number of carboxylic acid groups (broad SMARTS) is 1. The van der Waals surface area contributed by atoms with Gasteiger partial charge in [0.25, 0.3) is 0 Å². The highest BCUT2D eigenvalue weighted by atomic mass is 32.1. The van der Waals surface area contributed by atoms with Crippen molar-refractivity contribution in [3.8, 4) is 0 Å². The first kappa shape index (κ1) is 15.4. The quantitative estimate of drug-likeness (QED) is 0.798. The number of carbonyl (C=O) groups is 1. The molecule has 110 valence electrons. The predicted octanol–water partition coefficient (Wildman–Crippen LogP) is 3.26. The van der Waals surface area contributed by atoms with Crippen molar-refractivity contribution in [3.63, 3.8) is 0 Å². The Bertz CT molecular complexity index is 608. The SMILES string of the molecule is CCN(Cc1ccncc1)Cc1sccc1C=CC(=O)O. The molecule has 5 heteroatoms. The molecule has 0 unspecified atom stereocenters. The number of nitrogens with zero attached hydrogens (tertiary/aromatic N) is 2. The normalized spacial score (nSPS) is 11.3. The Morgan fingerprint density at radius 1 is 1.33 bits per heavy atom. The van der Waals surface area contributed by atoms with Gasteiger partial charge in [0.05, 0.1) is 0 Å². The minimum atomic E-state index is -0.920. The molecule has 0 aliphatic heterocycles. The highest BCUT2D eigenvalue weighted by Crippen LogP contribution is 2.21. The van der Waals surface area contributed by atoms with E-state index in [-0.39, 0.29) is 0 Å². The maximum absolute atomic E-state index is 10.6. The number of hydrogen-bond donors (Lipinski definition) is 1. The third-order valence-electron chi connectivity index (χ3n) is 3.16. The molecule has 21 heavy (non-hydrogen) atoms. The van der Waals surface area contributed by atoms with Crippen LogP contribution in [0.15, 0.2) is 42.0 Å². The highest BCUT2D eigenvalue weighted by Gasteiger charge is 2.09. The second kappa shape index (κ2) is 7.71. The number of pyridine rings is 1. The molecule has 0 amide bonds. The summed E-state index contributed by atoms with van der Waals surface area (Å²) < 4.78 is 0. The van der Waals surface area contributed by atoms with Crippen LogP contribution in [0.25, 0.3) is 6.08 Å². The standard InChI is InChI=1S/C16H18N2O2S/c1-2-18(11-13-5-8-17-9-6-13)12-15-14(7-10-21-15)3-4-16(19)20/h3-10H,2,11-12H2,1H3,(H,19,20). The van der Waals surface area contributed by atoms with Gasteiger partial charge in [-0.05, 0) is 47.3 Å². The maximum atomic E-state index is 10.6. The van der Waals surface area contributed by atoms with Gasteiger partial charge in [0, 0.05) is 36.4 Å². The lowest BCUT2D eigenvalue weighted by molar-refractivity contribution is -0.131. The van der Waals surface area contributed by atoms with Crippen molar-refractivity contribution in [2.24, 2.45) is 0 Å². The van der Waals surface area contributed by atoms with Crippen molar-refractivity contribution in [3.05, 3.63) is 58.1 Å². The smallest absolute Gasteiger partial charge is 0.328 e. The molecule has 0 radical (unpaired) electrons. The van der Waals surface area contributed by atoms with E-state index >= 15 is 0 Å². The van der Waals surface area contributed by atoms with Crippen molar-refractivity contribution in [2.45, 2.75) is 20.0 Å². The molecule has 0 saturated carbocycles. The average molecular weight is 302 g/mol. The van der Waals surface area contributed by atoms with Crippen LogP contribution in [0, 0.1) is 0 Å². The minimum absolute atomic E-state index is 0.815. The van der Waals surface area contributed by atoms with Crippen molar-refractivity contribution in [1.82, 2.24) is 9.88 Å². The zero-order valence-corrected chi connectivity index (χ0v) is 12.7. The number of aliphatic carboxylic acids is 1. The largest absolute Gasteiger partial charge is 0.478 e. The highest BCUT2D eigenvalue weighted by molar-refractivity contribution is 7.10. The van der Waals surface area contributed by atoms with Crippen LogP contribution in [0.2, 0.25) is 0 Å². The van der Waals surface area contributed by atoms with Crippen LogP contribution in [0.1, 0.15) is 22.9 Å². The summed E-state index contributed by atoms with van der Waals surface area (Å²) in [5.41, 5.74) is 2.21. The van der Waals surface area contributed by atoms with Crippen LogP contribution >= 0.6 is 11.3 Å². The van der Waals surface area contributed by atoms with Crippen LogP contribution < -0.4 is 0 Å². The molecule has 0 aliphatic carbocycles. The summed E-state index contributed by atoms with van der Waals surface area (Å²) >= 11 is 1.66. The fourth-order valence-electron chi connectivity index (χ4n) is 2.02. The van der Waals surface area contributed by atoms with Gasteiger partial charge < -0.3 is 5.11 Å². The molecule has 0 saturated heterocycles. The number of rotatable bonds is 7. The van der Waals surface area contributed by atoms with E-state index in [1.54, 1.807) is 29.8 Å². The Morgan fingerprint density at radius 2 is 2.10 bits per heavy atom. The molecular weight excluding hydrogens is 284 g/mol. The van der Waals surface area contributed by atoms with Gasteiger partial charge in [0.15, 0.2) is 0 Å². The second-order valence-corrected chi connectivity index (χ2v) is 5.63. The molecule has 0 fully saturated rings. The van der Waals surface area contributed by atoms with Gasteiger partial charge in [-0.1, -0.05) is 6.92 Å². The molecule has 0 bridgehead atoms. The van der Waals surface area contributed by atoms with E-state index in [0.717, 1.165) is 25.2 Å². The van der Waals surface area contributed by atoms with E-state index in [4.69, 9.17) is 5.11 Å². The molecule has 0 atom stereocenters. The first-order valence-corrected chi connectivity index (χ1v) is 7.65. The summed E-state index contributed by atoms with van der Waals surface area (Å²) in [6, 6.07) is 5.99. The summed E-state index contributed by atoms with van der Waals surface area (Å²) in [5, 5.41) is 10.7. The number of hydrogen-bond acceptors (Lipinski definition) is 4. The molecule has 0 aliphatic rings. The van der Waals surface area contributed by atoms with E-state index in [1.165, 1.54) is 16.5 Å². The van der Waals surface area contributed by atoms with Gasteiger partial charge in [-0.2, -0.15) is 0 Å². The molecule has 2 aromatic heterocycles. The van der Waals surface area contributed by atoms with Crippen molar-refractivity contribution >= 4 is 23.4 Å². The molecule has 0 aromatic carbocycles. The summed E-state index contributed by atoms with van der Waals surface area (Å²) in [6.07, 6.45) is 6.45. The zero-order chi connectivity index (χ0) is 15.1. The van der Waals surface area contributed by atoms with Crippen molar-refractivity contribution in [2.75, 3.05) is 6.54 Å². The molecular formula is C16H18N2O2S. The molecule has 1 N–H and O–H groups in total. The molecule has 2 aromatic rings. The fraction of sp³-hybridized carbons (Fsp3) is 0.250. The molecule has 0 spiro atoms. The number of thiophene rings is 1. The van der Waals surface area contributed by atoms with Crippen LogP contribution in [0.3, 0.4) is 0 Å². The Morgan fingerprint density at radius 3 is 2.76 bits per heavy atom. The molecule has 2 heterocycles. The summed E-state index contributed by atoms with van der Waals surface area (Å²) in [7, 11) is 0. The average Bonchev–Trinajstić information content (AvgIpc) is 2.92. The summed E-state index contributed by atoms with van der Waals surface area (Å²) in [5.74, 6) is -0.920. The lowest BCUT2D eigenvalue weighted by atomic mass is 10.2. The van der Waals surface area contributed by atoms with Crippen molar-refractivity contribution < 1.29 is 9.90 Å². The topological polar surface area (TPSA) is 53.4 Å². The first-order chi connectivity index (χ1) is 10.2. The van der Waals surface area contributed by atoms with Crippen LogP contribution in [0.5, 0.6) is 0 Å². The van der Waals surface area contributed by atoms with E-state index in [1.807, 2.05) is 23.6 Å². The van der Waals surface area contributed by atoms with Gasteiger partial charge in [0.2, 0.25) is 0 Å². The van der Waals surface area contributed by atoms with Crippen LogP contribution in [-0.4, -0.2) is 27.5 Å². The van der Waals surface area contributed by atoms with E-state index in [0.29, 0.717) is 0 Å².